The van der Waals surface area contributed by atoms with Crippen LogP contribution < -0.4 is 15.2 Å². The van der Waals surface area contributed by atoms with Gasteiger partial charge < -0.3 is 19.9 Å². The largest absolute Gasteiger partial charge is 0.477 e. The molecule has 2 aliphatic rings. The van der Waals surface area contributed by atoms with E-state index in [0.29, 0.717) is 29.9 Å². The van der Waals surface area contributed by atoms with E-state index in [1.807, 2.05) is 36.5 Å². The number of aromatic nitrogens is 2. The molecule has 4 heterocycles. The number of fused-ring (bicyclic) bond motifs is 4. The molecule has 1 aromatic carbocycles. The van der Waals surface area contributed by atoms with Crippen LogP contribution in [0.15, 0.2) is 60.0 Å². The number of aliphatic imine (C=N–C) groups is 1. The highest BCUT2D eigenvalue weighted by atomic mass is 16.5. The summed E-state index contributed by atoms with van der Waals surface area (Å²) in [7, 11) is 0. The molecule has 7 heteroatoms. The van der Waals surface area contributed by atoms with Crippen molar-refractivity contribution in [1.82, 2.24) is 9.97 Å². The minimum atomic E-state index is -0.882. The maximum Gasteiger partial charge on any atom is 0.283 e. The van der Waals surface area contributed by atoms with Crippen LogP contribution in [0.2, 0.25) is 0 Å². The Bertz CT molecular complexity index is 1160. The summed E-state index contributed by atoms with van der Waals surface area (Å²) < 4.78 is 18.1. The van der Waals surface area contributed by atoms with Gasteiger partial charge in [-0.15, -0.1) is 0 Å². The second kappa shape index (κ2) is 8.15. The highest BCUT2D eigenvalue weighted by Crippen LogP contribution is 2.54. The molecule has 1 spiro atoms. The molecule has 0 bridgehead atoms. The standard InChI is InChI=1S/C25H26N4O3/c1-16(2)5-4-12-30-23-22-21(9-11-28-23)32-20-8-7-17(18-6-3-10-27-14-18)13-19(20)25(22)15-31-24(26)29-25/h3,6-11,13-14,16H,4-5,12,15H2,1-2H3,(H2,26,29)/t25-/m0/s1. The molecule has 5 rings (SSSR count). The lowest BCUT2D eigenvalue weighted by atomic mass is 9.81. The van der Waals surface area contributed by atoms with Gasteiger partial charge in [0.15, 0.2) is 5.54 Å². The predicted octanol–water partition coefficient (Wildman–Crippen LogP) is 4.65. The van der Waals surface area contributed by atoms with Gasteiger partial charge in [-0.1, -0.05) is 26.0 Å². The van der Waals surface area contributed by atoms with Crippen molar-refractivity contribution in [2.24, 2.45) is 16.6 Å². The van der Waals surface area contributed by atoms with Crippen molar-refractivity contribution in [3.05, 3.63) is 66.1 Å². The van der Waals surface area contributed by atoms with E-state index in [2.05, 4.69) is 29.9 Å². The zero-order valence-corrected chi connectivity index (χ0v) is 18.2. The first-order valence-corrected chi connectivity index (χ1v) is 10.9. The van der Waals surface area contributed by atoms with E-state index in [-0.39, 0.29) is 12.6 Å². The molecule has 0 unspecified atom stereocenters. The average Bonchev–Trinajstić information content (AvgIpc) is 3.19. The minimum Gasteiger partial charge on any atom is -0.477 e. The van der Waals surface area contributed by atoms with Crippen LogP contribution in [-0.4, -0.2) is 29.2 Å². The summed E-state index contributed by atoms with van der Waals surface area (Å²) in [5, 5.41) is 0. The number of ether oxygens (including phenoxy) is 3. The number of pyridine rings is 2. The topological polar surface area (TPSA) is 91.9 Å². The SMILES string of the molecule is CC(C)CCCOc1nccc2c1[C@]1(COC(N)=N1)c1cc(-c3cccnc3)ccc1O2. The van der Waals surface area contributed by atoms with Gasteiger partial charge in [0, 0.05) is 29.7 Å². The molecule has 0 fully saturated rings. The van der Waals surface area contributed by atoms with Gasteiger partial charge in [-0.3, -0.25) is 4.98 Å². The van der Waals surface area contributed by atoms with Gasteiger partial charge in [-0.2, -0.15) is 0 Å². The Kier molecular flexibility index (Phi) is 5.17. The smallest absolute Gasteiger partial charge is 0.283 e. The fraction of sp³-hybridized carbons (Fsp3) is 0.320. The second-order valence-corrected chi connectivity index (χ2v) is 8.53. The zero-order chi connectivity index (χ0) is 22.1. The van der Waals surface area contributed by atoms with Crippen molar-refractivity contribution in [3.63, 3.8) is 0 Å². The normalized spacial score (nSPS) is 18.5. The molecule has 0 saturated carbocycles. The molecule has 3 aromatic rings. The van der Waals surface area contributed by atoms with Crippen molar-refractivity contribution < 1.29 is 14.2 Å². The number of hydrogen-bond donors (Lipinski definition) is 1. The molecule has 2 aromatic heterocycles. The van der Waals surface area contributed by atoms with Crippen LogP contribution in [0.1, 0.15) is 37.8 Å². The molecule has 0 aliphatic carbocycles. The van der Waals surface area contributed by atoms with Crippen LogP contribution in [0.5, 0.6) is 17.4 Å². The molecular weight excluding hydrogens is 404 g/mol. The summed E-state index contributed by atoms with van der Waals surface area (Å²) in [6.45, 7) is 5.23. The Morgan fingerprint density at radius 1 is 1.12 bits per heavy atom. The van der Waals surface area contributed by atoms with Gasteiger partial charge in [0.1, 0.15) is 18.1 Å². The zero-order valence-electron chi connectivity index (χ0n) is 18.2. The van der Waals surface area contributed by atoms with Crippen molar-refractivity contribution in [2.45, 2.75) is 32.2 Å². The summed E-state index contributed by atoms with van der Waals surface area (Å²) in [6, 6.07) is 11.9. The maximum absolute atomic E-state index is 6.27. The molecule has 7 nitrogen and oxygen atoms in total. The third-order valence-corrected chi connectivity index (χ3v) is 5.83. The van der Waals surface area contributed by atoms with Crippen LogP contribution in [0.25, 0.3) is 11.1 Å². The Hall–Kier alpha value is -3.61. The Morgan fingerprint density at radius 2 is 2.03 bits per heavy atom. The number of amidine groups is 1. The fourth-order valence-corrected chi connectivity index (χ4v) is 4.27. The van der Waals surface area contributed by atoms with Crippen LogP contribution in [0, 0.1) is 5.92 Å². The molecule has 2 N–H and O–H groups in total. The van der Waals surface area contributed by atoms with Gasteiger partial charge in [0.05, 0.1) is 12.2 Å². The van der Waals surface area contributed by atoms with Crippen molar-refractivity contribution >= 4 is 6.02 Å². The van der Waals surface area contributed by atoms with Crippen molar-refractivity contribution in [2.75, 3.05) is 13.2 Å². The van der Waals surface area contributed by atoms with Gasteiger partial charge in [-0.25, -0.2) is 9.98 Å². The lowest BCUT2D eigenvalue weighted by Gasteiger charge is -2.34. The minimum absolute atomic E-state index is 0.144. The Balaban J connectivity index is 1.60. The molecule has 32 heavy (non-hydrogen) atoms. The summed E-state index contributed by atoms with van der Waals surface area (Å²) in [5.74, 6) is 2.49. The first kappa shape index (κ1) is 20.3. The molecule has 0 saturated heterocycles. The quantitative estimate of drug-likeness (QED) is 0.572. The predicted molar refractivity (Wildman–Crippen MR) is 122 cm³/mol. The van der Waals surface area contributed by atoms with Crippen molar-refractivity contribution in [1.29, 1.82) is 0 Å². The van der Waals surface area contributed by atoms with Crippen LogP contribution in [-0.2, 0) is 10.3 Å². The highest BCUT2D eigenvalue weighted by Gasteiger charge is 2.49. The number of nitrogens with two attached hydrogens (primary N) is 1. The summed E-state index contributed by atoms with van der Waals surface area (Å²) >= 11 is 0. The lowest BCUT2D eigenvalue weighted by Crippen LogP contribution is -2.32. The van der Waals surface area contributed by atoms with Crippen LogP contribution in [0.3, 0.4) is 0 Å². The van der Waals surface area contributed by atoms with Gasteiger partial charge in [0.2, 0.25) is 5.88 Å². The van der Waals surface area contributed by atoms with E-state index in [1.54, 1.807) is 12.4 Å². The second-order valence-electron chi connectivity index (χ2n) is 8.53. The van der Waals surface area contributed by atoms with E-state index < -0.39 is 5.54 Å². The highest BCUT2D eigenvalue weighted by molar-refractivity contribution is 5.78. The molecule has 2 aliphatic heterocycles. The number of benzene rings is 1. The molecule has 1 atom stereocenters. The summed E-state index contributed by atoms with van der Waals surface area (Å²) in [4.78, 5) is 13.5. The van der Waals surface area contributed by atoms with Gasteiger partial charge in [-0.05, 0) is 48.6 Å². The molecular formula is C25H26N4O3. The summed E-state index contributed by atoms with van der Waals surface area (Å²) in [5.41, 5.74) is 8.77. The van der Waals surface area contributed by atoms with E-state index in [1.165, 1.54) is 0 Å². The van der Waals surface area contributed by atoms with E-state index in [4.69, 9.17) is 24.9 Å². The number of hydrogen-bond acceptors (Lipinski definition) is 7. The van der Waals surface area contributed by atoms with Crippen LogP contribution in [0.4, 0.5) is 0 Å². The lowest BCUT2D eigenvalue weighted by molar-refractivity contribution is 0.243. The van der Waals surface area contributed by atoms with E-state index >= 15 is 0 Å². The molecule has 164 valence electrons. The molecule has 0 amide bonds. The maximum atomic E-state index is 6.27. The van der Waals surface area contributed by atoms with Gasteiger partial charge >= 0.3 is 0 Å². The summed E-state index contributed by atoms with van der Waals surface area (Å²) in [6.07, 6.45) is 7.32. The molecule has 0 radical (unpaired) electrons. The Labute approximate surface area is 187 Å². The third-order valence-electron chi connectivity index (χ3n) is 5.83. The Morgan fingerprint density at radius 3 is 2.78 bits per heavy atom. The fourth-order valence-electron chi connectivity index (χ4n) is 4.27. The number of rotatable bonds is 6. The van der Waals surface area contributed by atoms with E-state index in [0.717, 1.165) is 35.1 Å². The number of nitrogens with zero attached hydrogens (tertiary/aromatic N) is 3. The van der Waals surface area contributed by atoms with E-state index in [9.17, 15) is 0 Å². The van der Waals surface area contributed by atoms with Crippen LogP contribution >= 0.6 is 0 Å². The van der Waals surface area contributed by atoms with Gasteiger partial charge in [0.25, 0.3) is 6.02 Å². The average molecular weight is 431 g/mol. The van der Waals surface area contributed by atoms with Crippen molar-refractivity contribution in [3.8, 4) is 28.5 Å². The monoisotopic (exact) mass is 430 g/mol. The first-order valence-electron chi connectivity index (χ1n) is 10.9. The first-order chi connectivity index (χ1) is 15.6. The third kappa shape index (κ3) is 3.53.